The van der Waals surface area contributed by atoms with E-state index in [2.05, 4.69) is 15.2 Å². The van der Waals surface area contributed by atoms with Gasteiger partial charge in [0.1, 0.15) is 40.4 Å². The highest BCUT2D eigenvalue weighted by atomic mass is 35.5. The largest absolute Gasteiger partial charge is 0.494 e. The highest BCUT2D eigenvalue weighted by Gasteiger charge is 2.46. The second kappa shape index (κ2) is 21.0. The molecular formula is C51H55Cl2F2N4O9S+. The van der Waals surface area contributed by atoms with E-state index < -0.39 is 52.2 Å². The minimum Gasteiger partial charge on any atom is -0.494 e. The molecule has 5 fully saturated rings. The number of carbonyl (C=O) groups excluding carboxylic acids is 2. The molecule has 2 bridgehead atoms. The van der Waals surface area contributed by atoms with Crippen molar-refractivity contribution in [3.63, 3.8) is 0 Å². The molecule has 5 heterocycles. The van der Waals surface area contributed by atoms with Crippen LogP contribution in [-0.2, 0) is 46.8 Å². The Labute approximate surface area is 410 Å². The molecule has 366 valence electrons. The van der Waals surface area contributed by atoms with Crippen LogP contribution in [0.5, 0.6) is 5.75 Å². The van der Waals surface area contributed by atoms with E-state index in [0.717, 1.165) is 56.4 Å². The van der Waals surface area contributed by atoms with E-state index in [1.54, 1.807) is 42.7 Å². The Balaban J connectivity index is 0.841. The summed E-state index contributed by atoms with van der Waals surface area (Å²) in [6.45, 7) is 1.72. The molecule has 69 heavy (non-hydrogen) atoms. The molecule has 4 atom stereocenters. The van der Waals surface area contributed by atoms with Crippen LogP contribution < -0.4 is 15.0 Å². The number of pyridine rings is 1. The number of esters is 1. The van der Waals surface area contributed by atoms with Crippen LogP contribution in [0, 0.1) is 23.2 Å². The molecule has 2 aliphatic carbocycles. The number of nitrogens with zero attached hydrogens (tertiary/aromatic N) is 2. The maximum Gasteiger partial charge on any atom is 0.408 e. The molecule has 1 amide bonds. The normalized spacial score (nSPS) is 23.5. The molecule has 4 aliphatic heterocycles. The van der Waals surface area contributed by atoms with E-state index >= 15 is 0 Å². The van der Waals surface area contributed by atoms with Crippen LogP contribution in [0.3, 0.4) is 0 Å². The fourth-order valence-corrected chi connectivity index (χ4v) is 11.6. The number of carbonyl (C=O) groups is 2. The number of aromatic amines is 1. The topological polar surface area (TPSA) is 147 Å². The Hall–Kier alpha value is -5.26. The number of hydrogen-bond acceptors (Lipinski definition) is 10. The molecule has 0 radical (unpaired) electrons. The second-order valence-corrected chi connectivity index (χ2v) is 21.5. The molecule has 4 aromatic rings. The summed E-state index contributed by atoms with van der Waals surface area (Å²) in [6.07, 6.45) is 8.76. The van der Waals surface area contributed by atoms with Gasteiger partial charge < -0.3 is 29.0 Å². The molecule has 18 heteroatoms. The van der Waals surface area contributed by atoms with Crippen molar-refractivity contribution in [2.45, 2.75) is 81.8 Å². The molecule has 13 nitrogen and oxygen atoms in total. The van der Waals surface area contributed by atoms with Gasteiger partial charge >= 0.3 is 18.7 Å². The zero-order valence-corrected chi connectivity index (χ0v) is 40.4. The van der Waals surface area contributed by atoms with Gasteiger partial charge in [-0.1, -0.05) is 90.8 Å². The molecule has 1 saturated carbocycles. The third kappa shape index (κ3) is 11.7. The van der Waals surface area contributed by atoms with E-state index in [9.17, 15) is 26.8 Å². The maximum absolute atomic E-state index is 14.0. The van der Waals surface area contributed by atoms with Crippen LogP contribution >= 0.6 is 23.2 Å². The van der Waals surface area contributed by atoms with Gasteiger partial charge in [-0.3, -0.25) is 9.69 Å². The number of allylic oxidation sites excluding steroid dienone is 2. The maximum atomic E-state index is 14.0. The number of halogens is 4. The number of alkyl halides is 2. The standard InChI is InChI=1S/C51H54Cl2F2N4O9S/c1-51(18-15-43(66-49(54)55)44(24-51)65-30-32-13-14-32)46(23-40-41(52)25-56-26-42(40)53)68-48(60)37-27-59(28-37)69(62,63)39-12-5-7-33(21-39)31-64-38-11-6-10-36(22-38)47(35-8-3-2-4-9-35)57-50(61)67-45-29-58-19-16-34(45)17-20-58/h2-12,15,18,21-22,25-26,32,34,37,45-47,49H,13-14,16-17,19-20,23-24,27-31H2,1H3,(H,57,61)/p+1/t45-,46-,47-,51?/m0/s1. The number of H-pyrrole nitrogens is 1. The second-order valence-electron chi connectivity index (χ2n) is 18.8. The van der Waals surface area contributed by atoms with Crippen LogP contribution in [0.1, 0.15) is 67.3 Å². The summed E-state index contributed by atoms with van der Waals surface area (Å²) in [5, 5.41) is 3.70. The number of nitrogens with one attached hydrogen (secondary N) is 2. The molecule has 1 unspecified atom stereocenters. The van der Waals surface area contributed by atoms with Gasteiger partial charge in [0.05, 0.1) is 23.5 Å². The van der Waals surface area contributed by atoms with Gasteiger partial charge in [-0.2, -0.15) is 13.1 Å². The molecule has 10 rings (SSSR count). The number of fused-ring (bicyclic) bond motifs is 3. The minimum atomic E-state index is -4.03. The van der Waals surface area contributed by atoms with Crippen molar-refractivity contribution < 1.29 is 55.5 Å². The summed E-state index contributed by atoms with van der Waals surface area (Å²) in [4.78, 5) is 32.5. The number of rotatable bonds is 19. The third-order valence-corrected chi connectivity index (χ3v) is 16.3. The van der Waals surface area contributed by atoms with Crippen molar-refractivity contribution in [2.75, 3.05) is 39.3 Å². The van der Waals surface area contributed by atoms with Gasteiger partial charge in [-0.15, -0.1) is 0 Å². The van der Waals surface area contributed by atoms with Gasteiger partial charge in [-0.25, -0.2) is 18.2 Å². The van der Waals surface area contributed by atoms with Gasteiger partial charge in [0, 0.05) is 43.5 Å². The number of amides is 1. The lowest BCUT2D eigenvalue weighted by Gasteiger charge is -2.43. The average Bonchev–Trinajstić information content (AvgIpc) is 4.16. The fourth-order valence-electron chi connectivity index (χ4n) is 9.42. The van der Waals surface area contributed by atoms with Gasteiger partial charge in [0.15, 0.2) is 18.2 Å². The van der Waals surface area contributed by atoms with E-state index in [0.29, 0.717) is 45.4 Å². The quantitative estimate of drug-likeness (QED) is 0.0904. The monoisotopic (exact) mass is 1010 g/mol. The Kier molecular flexibility index (Phi) is 14.8. The average molecular weight is 1010 g/mol. The predicted molar refractivity (Wildman–Crippen MR) is 252 cm³/mol. The van der Waals surface area contributed by atoms with Crippen molar-refractivity contribution in [2.24, 2.45) is 23.2 Å². The summed E-state index contributed by atoms with van der Waals surface area (Å²) < 4.78 is 85.3. The first-order chi connectivity index (χ1) is 33.2. The third-order valence-electron chi connectivity index (χ3n) is 13.8. The summed E-state index contributed by atoms with van der Waals surface area (Å²) >= 11 is 13.1. The number of hydrogen-bond donors (Lipinski definition) is 1. The summed E-state index contributed by atoms with van der Waals surface area (Å²) in [5.41, 5.74) is 1.76. The molecule has 0 spiro atoms. The fraction of sp³-hybridized carbons (Fsp3) is 0.431. The predicted octanol–water partition coefficient (Wildman–Crippen LogP) is 8.91. The zero-order chi connectivity index (χ0) is 48.3. The SMILES string of the molecule is CC1([C@H](Cc2c(Cl)c[nH+]cc2Cl)OC(=O)C2CN(S(=O)(=O)c3cccc(COc4cccc([C@@H](NC(=O)O[C@H]5CN6CCC5CC6)c5ccccc5)c4)c3)C2)C=CC(OC(F)F)=C(OCC2CC2)C1. The van der Waals surface area contributed by atoms with Crippen LogP contribution in [0.15, 0.2) is 120 Å². The number of piperidine rings is 3. The van der Waals surface area contributed by atoms with Gasteiger partial charge in [0.25, 0.3) is 0 Å². The number of benzene rings is 3. The number of alkyl carbamates (subject to hydrolysis) is 1. The smallest absolute Gasteiger partial charge is 0.408 e. The van der Waals surface area contributed by atoms with E-state index in [1.807, 2.05) is 55.5 Å². The molecule has 3 aromatic carbocycles. The van der Waals surface area contributed by atoms with Crippen LogP contribution in [0.2, 0.25) is 10.0 Å². The van der Waals surface area contributed by atoms with E-state index in [1.165, 1.54) is 16.4 Å². The Morgan fingerprint density at radius 3 is 2.32 bits per heavy atom. The number of sulfonamides is 1. The lowest BCUT2D eigenvalue weighted by molar-refractivity contribution is -0.377. The molecule has 2 N–H and O–H groups in total. The van der Waals surface area contributed by atoms with E-state index in [-0.39, 0.29) is 55.1 Å². The van der Waals surface area contributed by atoms with Gasteiger partial charge in [-0.05, 0) is 97.6 Å². The van der Waals surface area contributed by atoms with Crippen molar-refractivity contribution >= 4 is 45.3 Å². The molecular weight excluding hydrogens is 954 g/mol. The molecule has 1 aromatic heterocycles. The number of ether oxygens (including phenoxy) is 5. The Bertz CT molecular complexity index is 2660. The minimum absolute atomic E-state index is 0.0363. The van der Waals surface area contributed by atoms with Gasteiger partial charge in [0.2, 0.25) is 10.0 Å². The first kappa shape index (κ1) is 48.8. The van der Waals surface area contributed by atoms with Crippen molar-refractivity contribution in [1.29, 1.82) is 0 Å². The summed E-state index contributed by atoms with van der Waals surface area (Å²) in [7, 11) is -4.03. The highest BCUT2D eigenvalue weighted by molar-refractivity contribution is 7.89. The lowest BCUT2D eigenvalue weighted by atomic mass is 9.75. The van der Waals surface area contributed by atoms with E-state index in [4.69, 9.17) is 46.9 Å². The first-order valence-corrected chi connectivity index (χ1v) is 25.5. The van der Waals surface area contributed by atoms with Crippen LogP contribution in [0.25, 0.3) is 0 Å². The zero-order valence-electron chi connectivity index (χ0n) is 38.0. The molecule has 4 saturated heterocycles. The lowest BCUT2D eigenvalue weighted by Crippen LogP contribution is -2.54. The van der Waals surface area contributed by atoms with Crippen molar-refractivity contribution in [3.05, 3.63) is 147 Å². The highest BCUT2D eigenvalue weighted by Crippen LogP contribution is 2.44. The van der Waals surface area contributed by atoms with Crippen molar-refractivity contribution in [3.8, 4) is 5.75 Å². The Morgan fingerprint density at radius 1 is 0.899 bits per heavy atom. The number of aromatic nitrogens is 1. The van der Waals surface area contributed by atoms with Crippen molar-refractivity contribution in [1.82, 2.24) is 14.5 Å². The Morgan fingerprint density at radius 2 is 1.62 bits per heavy atom. The summed E-state index contributed by atoms with van der Waals surface area (Å²) in [5.74, 6) is -0.0816. The first-order valence-electron chi connectivity index (χ1n) is 23.3. The van der Waals surface area contributed by atoms with Crippen LogP contribution in [-0.4, -0.2) is 87.8 Å². The van der Waals surface area contributed by atoms with Crippen LogP contribution in [0.4, 0.5) is 13.6 Å². The summed E-state index contributed by atoms with van der Waals surface area (Å²) in [6, 6.07) is 22.9. The molecule has 6 aliphatic rings.